The lowest BCUT2D eigenvalue weighted by atomic mass is 9.78. The van der Waals surface area contributed by atoms with Gasteiger partial charge in [0, 0.05) is 29.0 Å². The number of nitrogens with two attached hydrogens (primary N) is 1. The van der Waals surface area contributed by atoms with Crippen LogP contribution in [-0.4, -0.2) is 31.3 Å². The van der Waals surface area contributed by atoms with E-state index in [2.05, 4.69) is 12.1 Å². The number of thioether (sulfide) groups is 1. The molecule has 110 valence electrons. The molecule has 0 aromatic heterocycles. The number of hydrogen-bond acceptors (Lipinski definition) is 4. The molecule has 1 aliphatic carbocycles. The highest BCUT2D eigenvalue weighted by Gasteiger charge is 2.38. The first-order valence-electron chi connectivity index (χ1n) is 7.41. The highest BCUT2D eigenvalue weighted by Crippen LogP contribution is 2.47. The predicted molar refractivity (Wildman–Crippen MR) is 83.9 cm³/mol. The molecule has 0 bridgehead atoms. The van der Waals surface area contributed by atoms with Crippen LogP contribution in [0.2, 0.25) is 0 Å². The predicted octanol–water partition coefficient (Wildman–Crippen LogP) is 2.96. The Morgan fingerprint density at radius 3 is 2.60 bits per heavy atom. The van der Waals surface area contributed by atoms with Crippen molar-refractivity contribution in [3.63, 3.8) is 0 Å². The molecule has 20 heavy (non-hydrogen) atoms. The van der Waals surface area contributed by atoms with Crippen molar-refractivity contribution in [2.45, 2.75) is 37.2 Å². The minimum absolute atomic E-state index is 0.0841. The largest absolute Gasteiger partial charge is 0.493 e. The lowest BCUT2D eigenvalue weighted by Crippen LogP contribution is -2.35. The Morgan fingerprint density at radius 1 is 1.30 bits per heavy atom. The Hall–Kier alpha value is -0.870. The highest BCUT2D eigenvalue weighted by molar-refractivity contribution is 8.00. The molecule has 1 heterocycles. The van der Waals surface area contributed by atoms with Crippen LogP contribution in [0, 0.1) is 0 Å². The molecule has 1 saturated carbocycles. The molecule has 0 spiro atoms. The molecular formula is C16H23NO2S. The van der Waals surface area contributed by atoms with Gasteiger partial charge in [-0.3, -0.25) is 0 Å². The number of benzene rings is 1. The number of ether oxygens (including phenoxy) is 2. The standard InChI is InChI=1S/C16H23NO2S/c1-18-14-6-4-5-13(15(14)19-12-9-20-10-12)16(11-17)7-2-3-8-16/h4-6,12H,2-3,7-11,17H2,1H3. The topological polar surface area (TPSA) is 44.5 Å². The van der Waals surface area contributed by atoms with E-state index >= 15 is 0 Å². The fourth-order valence-electron chi connectivity index (χ4n) is 3.30. The molecule has 2 fully saturated rings. The van der Waals surface area contributed by atoms with E-state index in [1.54, 1.807) is 7.11 Å². The number of para-hydroxylation sites is 1. The number of hydrogen-bond donors (Lipinski definition) is 1. The SMILES string of the molecule is COc1cccc(C2(CN)CCCC2)c1OC1CSC1. The van der Waals surface area contributed by atoms with Gasteiger partial charge in [-0.15, -0.1) is 0 Å². The van der Waals surface area contributed by atoms with E-state index in [-0.39, 0.29) is 5.41 Å². The van der Waals surface area contributed by atoms with Crippen LogP contribution in [0.4, 0.5) is 0 Å². The molecule has 0 radical (unpaired) electrons. The summed E-state index contributed by atoms with van der Waals surface area (Å²) in [4.78, 5) is 0. The van der Waals surface area contributed by atoms with Crippen LogP contribution in [0.1, 0.15) is 31.2 Å². The lowest BCUT2D eigenvalue weighted by molar-refractivity contribution is 0.220. The van der Waals surface area contributed by atoms with Crippen LogP contribution in [0.5, 0.6) is 11.5 Å². The summed E-state index contributed by atoms with van der Waals surface area (Å²) in [7, 11) is 1.71. The second-order valence-corrected chi connectivity index (χ2v) is 6.88. The van der Waals surface area contributed by atoms with Gasteiger partial charge in [0.2, 0.25) is 0 Å². The van der Waals surface area contributed by atoms with Gasteiger partial charge in [0.1, 0.15) is 6.10 Å². The van der Waals surface area contributed by atoms with Crippen LogP contribution in [0.3, 0.4) is 0 Å². The third-order valence-electron chi connectivity index (χ3n) is 4.61. The van der Waals surface area contributed by atoms with Gasteiger partial charge >= 0.3 is 0 Å². The summed E-state index contributed by atoms with van der Waals surface area (Å²) >= 11 is 1.93. The average Bonchev–Trinajstić information content (AvgIpc) is 2.92. The van der Waals surface area contributed by atoms with Crippen molar-refractivity contribution in [3.05, 3.63) is 23.8 Å². The van der Waals surface area contributed by atoms with Crippen LogP contribution < -0.4 is 15.2 Å². The third kappa shape index (κ3) is 2.40. The second kappa shape index (κ2) is 5.86. The summed E-state index contributed by atoms with van der Waals surface area (Å²) in [6, 6.07) is 6.23. The molecule has 3 nitrogen and oxygen atoms in total. The monoisotopic (exact) mass is 293 g/mol. The van der Waals surface area contributed by atoms with E-state index in [4.69, 9.17) is 15.2 Å². The van der Waals surface area contributed by atoms with Gasteiger partial charge in [0.25, 0.3) is 0 Å². The van der Waals surface area contributed by atoms with E-state index in [1.165, 1.54) is 18.4 Å². The van der Waals surface area contributed by atoms with E-state index in [0.29, 0.717) is 12.6 Å². The van der Waals surface area contributed by atoms with Crippen LogP contribution in [-0.2, 0) is 5.41 Å². The summed E-state index contributed by atoms with van der Waals surface area (Å²) in [5.74, 6) is 3.94. The van der Waals surface area contributed by atoms with Crippen molar-refractivity contribution >= 4 is 11.8 Å². The summed E-state index contributed by atoms with van der Waals surface area (Å²) in [6.07, 6.45) is 5.16. The van der Waals surface area contributed by atoms with Gasteiger partial charge in [-0.2, -0.15) is 11.8 Å². The fraction of sp³-hybridized carbons (Fsp3) is 0.625. The Kier molecular flexibility index (Phi) is 4.13. The summed E-state index contributed by atoms with van der Waals surface area (Å²) < 4.78 is 11.8. The Morgan fingerprint density at radius 2 is 2.05 bits per heavy atom. The summed E-state index contributed by atoms with van der Waals surface area (Å²) in [6.45, 7) is 0.690. The van der Waals surface area contributed by atoms with Crippen LogP contribution in [0.15, 0.2) is 18.2 Å². The van der Waals surface area contributed by atoms with Crippen molar-refractivity contribution in [1.29, 1.82) is 0 Å². The van der Waals surface area contributed by atoms with Crippen molar-refractivity contribution in [2.75, 3.05) is 25.2 Å². The molecule has 3 rings (SSSR count). The van der Waals surface area contributed by atoms with Gasteiger partial charge < -0.3 is 15.2 Å². The lowest BCUT2D eigenvalue weighted by Gasteiger charge is -2.33. The third-order valence-corrected chi connectivity index (χ3v) is 5.83. The summed E-state index contributed by atoms with van der Waals surface area (Å²) in [5.41, 5.74) is 7.48. The van der Waals surface area contributed by atoms with Gasteiger partial charge in [0.15, 0.2) is 11.5 Å². The summed E-state index contributed by atoms with van der Waals surface area (Å²) in [5, 5.41) is 0. The van der Waals surface area contributed by atoms with Crippen LogP contribution in [0.25, 0.3) is 0 Å². The quantitative estimate of drug-likeness (QED) is 0.906. The molecule has 1 saturated heterocycles. The van der Waals surface area contributed by atoms with E-state index in [1.807, 2.05) is 17.8 Å². The molecule has 2 aliphatic rings. The molecule has 1 aromatic carbocycles. The Labute approximate surface area is 125 Å². The number of rotatable bonds is 5. The Bertz CT molecular complexity index is 468. The second-order valence-electron chi connectivity index (χ2n) is 5.81. The van der Waals surface area contributed by atoms with Gasteiger partial charge in [-0.25, -0.2) is 0 Å². The van der Waals surface area contributed by atoms with Crippen molar-refractivity contribution in [2.24, 2.45) is 5.73 Å². The average molecular weight is 293 g/mol. The maximum atomic E-state index is 6.24. The van der Waals surface area contributed by atoms with E-state index in [0.717, 1.165) is 35.8 Å². The van der Waals surface area contributed by atoms with Crippen molar-refractivity contribution in [3.8, 4) is 11.5 Å². The molecule has 0 atom stereocenters. The molecule has 0 unspecified atom stereocenters. The van der Waals surface area contributed by atoms with Crippen molar-refractivity contribution in [1.82, 2.24) is 0 Å². The zero-order chi connectivity index (χ0) is 14.0. The fourth-order valence-corrected chi connectivity index (χ4v) is 3.86. The van der Waals surface area contributed by atoms with Gasteiger partial charge in [-0.1, -0.05) is 25.0 Å². The minimum Gasteiger partial charge on any atom is -0.493 e. The minimum atomic E-state index is 0.0841. The molecular weight excluding hydrogens is 270 g/mol. The first-order chi connectivity index (χ1) is 9.79. The maximum Gasteiger partial charge on any atom is 0.165 e. The zero-order valence-electron chi connectivity index (χ0n) is 12.1. The van der Waals surface area contributed by atoms with Crippen LogP contribution >= 0.6 is 11.8 Å². The molecule has 1 aromatic rings. The molecule has 0 amide bonds. The highest BCUT2D eigenvalue weighted by atomic mass is 32.2. The van der Waals surface area contributed by atoms with Crippen molar-refractivity contribution < 1.29 is 9.47 Å². The normalized spacial score (nSPS) is 21.5. The van der Waals surface area contributed by atoms with E-state index < -0.39 is 0 Å². The van der Waals surface area contributed by atoms with E-state index in [9.17, 15) is 0 Å². The molecule has 2 N–H and O–H groups in total. The van der Waals surface area contributed by atoms with Gasteiger partial charge in [0.05, 0.1) is 7.11 Å². The molecule has 1 aliphatic heterocycles. The van der Waals surface area contributed by atoms with Gasteiger partial charge in [-0.05, 0) is 18.9 Å². The first kappa shape index (κ1) is 14.1. The zero-order valence-corrected chi connectivity index (χ0v) is 12.9. The smallest absolute Gasteiger partial charge is 0.165 e. The maximum absolute atomic E-state index is 6.24. The first-order valence-corrected chi connectivity index (χ1v) is 8.56. The molecule has 4 heteroatoms. The Balaban J connectivity index is 1.99. The number of methoxy groups -OCH3 is 1.